The number of ether oxygens (including phenoxy) is 4. The molecule has 248 valence electrons. The Balaban J connectivity index is 2.28. The van der Waals surface area contributed by atoms with Gasteiger partial charge in [0.2, 0.25) is 0 Å². The standard InChI is InChI=1S/C35H51NO8Si/c1-14-36(32(39)43-33(4,5)6)25-20-24-16-15-17-27-30(42-35(10,11)41-27)26(37)19-18-22(2)23(3)40-31(38)29(24)28(21-25)44-45(12,13)34(7,8)9/h18-23,27,30H,14,17H2,1-13H3/b19-18-/t22-,23?,27?,30-/m1/s1. The van der Waals surface area contributed by atoms with Gasteiger partial charge < -0.3 is 23.4 Å². The molecule has 1 aromatic carbocycles. The summed E-state index contributed by atoms with van der Waals surface area (Å²) in [7, 11) is -2.50. The van der Waals surface area contributed by atoms with Gasteiger partial charge in [0.1, 0.15) is 29.1 Å². The lowest BCUT2D eigenvalue weighted by atomic mass is 10.00. The number of benzene rings is 1. The van der Waals surface area contributed by atoms with Gasteiger partial charge in [-0.3, -0.25) is 9.69 Å². The maximum Gasteiger partial charge on any atom is 0.414 e. The van der Waals surface area contributed by atoms with Crippen molar-refractivity contribution in [2.24, 2.45) is 5.92 Å². The second kappa shape index (κ2) is 13.3. The molecular weight excluding hydrogens is 590 g/mol. The zero-order valence-corrected chi connectivity index (χ0v) is 30.2. The molecule has 0 bridgehead atoms. The molecule has 2 aliphatic heterocycles. The van der Waals surface area contributed by atoms with E-state index in [4.69, 9.17) is 23.4 Å². The number of nitrogens with zero attached hydrogens (tertiary/aromatic N) is 1. The van der Waals surface area contributed by atoms with Gasteiger partial charge in [-0.15, -0.1) is 0 Å². The van der Waals surface area contributed by atoms with Crippen LogP contribution in [-0.2, 0) is 23.7 Å². The number of anilines is 1. The molecule has 2 heterocycles. The monoisotopic (exact) mass is 641 g/mol. The SMILES string of the molecule is CCN(C(=O)OC(C)(C)C)c1cc2c(c(O[Si](C)(C)C(C)(C)C)c1)C(=O)OC(C)[C@H](C)/C=C\C(=O)[C@H]1OC(C)(C)OC1CC#C2. The summed E-state index contributed by atoms with van der Waals surface area (Å²) >= 11 is 0. The van der Waals surface area contributed by atoms with E-state index in [1.54, 1.807) is 59.8 Å². The fourth-order valence-corrected chi connectivity index (χ4v) is 5.63. The summed E-state index contributed by atoms with van der Waals surface area (Å²) in [5.74, 6) is 4.48. The number of ketones is 1. The molecule has 2 unspecified atom stereocenters. The minimum atomic E-state index is -2.50. The normalized spacial score (nSPS) is 24.6. The van der Waals surface area contributed by atoms with Gasteiger partial charge in [0.15, 0.2) is 17.7 Å². The zero-order valence-electron chi connectivity index (χ0n) is 29.2. The van der Waals surface area contributed by atoms with Gasteiger partial charge in [0.25, 0.3) is 8.32 Å². The summed E-state index contributed by atoms with van der Waals surface area (Å²) in [6.45, 7) is 25.2. The summed E-state index contributed by atoms with van der Waals surface area (Å²) in [4.78, 5) is 41.9. The number of cyclic esters (lactones) is 1. The lowest BCUT2D eigenvalue weighted by molar-refractivity contribution is -0.152. The number of amides is 1. The van der Waals surface area contributed by atoms with Crippen LogP contribution in [0.25, 0.3) is 0 Å². The van der Waals surface area contributed by atoms with Crippen molar-refractivity contribution in [3.8, 4) is 17.6 Å². The summed E-state index contributed by atoms with van der Waals surface area (Å²) in [6.07, 6.45) is 0.807. The van der Waals surface area contributed by atoms with Gasteiger partial charge >= 0.3 is 12.1 Å². The third-order valence-electron chi connectivity index (χ3n) is 8.29. The molecule has 1 amide bonds. The number of fused-ring (bicyclic) bond motifs is 2. The largest absolute Gasteiger partial charge is 0.543 e. The smallest absolute Gasteiger partial charge is 0.414 e. The van der Waals surface area contributed by atoms with Crippen molar-refractivity contribution in [2.75, 3.05) is 11.4 Å². The van der Waals surface area contributed by atoms with Crippen LogP contribution in [0.1, 0.15) is 98.5 Å². The molecule has 9 nitrogen and oxygen atoms in total. The van der Waals surface area contributed by atoms with E-state index in [2.05, 4.69) is 45.7 Å². The van der Waals surface area contributed by atoms with Crippen molar-refractivity contribution in [3.05, 3.63) is 35.4 Å². The molecule has 3 rings (SSSR count). The van der Waals surface area contributed by atoms with Crippen LogP contribution in [0.2, 0.25) is 18.1 Å². The van der Waals surface area contributed by atoms with Crippen LogP contribution < -0.4 is 9.33 Å². The quantitative estimate of drug-likeness (QED) is 0.190. The van der Waals surface area contributed by atoms with E-state index in [-0.39, 0.29) is 28.7 Å². The van der Waals surface area contributed by atoms with Gasteiger partial charge in [-0.05, 0) is 78.7 Å². The minimum Gasteiger partial charge on any atom is -0.543 e. The van der Waals surface area contributed by atoms with Crippen molar-refractivity contribution in [1.29, 1.82) is 0 Å². The molecule has 4 atom stereocenters. The third kappa shape index (κ3) is 8.99. The molecular formula is C35H51NO8Si. The molecule has 0 aliphatic carbocycles. The van der Waals surface area contributed by atoms with E-state index in [1.165, 1.54) is 11.0 Å². The molecule has 45 heavy (non-hydrogen) atoms. The van der Waals surface area contributed by atoms with Gasteiger partial charge in [-0.2, -0.15) is 0 Å². The molecule has 10 heteroatoms. The van der Waals surface area contributed by atoms with E-state index in [1.807, 2.05) is 13.8 Å². The van der Waals surface area contributed by atoms with E-state index < -0.39 is 50.1 Å². The average molecular weight is 642 g/mol. The molecule has 1 aromatic rings. The predicted molar refractivity (Wildman–Crippen MR) is 177 cm³/mol. The highest BCUT2D eigenvalue weighted by Gasteiger charge is 2.44. The zero-order chi connectivity index (χ0) is 34.1. The highest BCUT2D eigenvalue weighted by molar-refractivity contribution is 6.74. The molecule has 0 N–H and O–H groups in total. The first-order valence-corrected chi connectivity index (χ1v) is 18.6. The molecule has 0 spiro atoms. The van der Waals surface area contributed by atoms with Crippen LogP contribution in [0.3, 0.4) is 0 Å². The highest BCUT2D eigenvalue weighted by Crippen LogP contribution is 2.41. The van der Waals surface area contributed by atoms with Crippen molar-refractivity contribution < 1.29 is 37.8 Å². The van der Waals surface area contributed by atoms with E-state index >= 15 is 0 Å². The van der Waals surface area contributed by atoms with Crippen molar-refractivity contribution >= 4 is 31.9 Å². The summed E-state index contributed by atoms with van der Waals surface area (Å²) in [6, 6.07) is 3.39. The first-order chi connectivity index (χ1) is 20.5. The van der Waals surface area contributed by atoms with E-state index in [9.17, 15) is 14.4 Å². The maximum absolute atomic E-state index is 14.0. The molecule has 1 fully saturated rings. The number of rotatable bonds is 4. The van der Waals surface area contributed by atoms with Crippen LogP contribution in [0.5, 0.6) is 5.75 Å². The number of carbonyl (C=O) groups is 3. The molecule has 1 saturated heterocycles. The summed E-state index contributed by atoms with van der Waals surface area (Å²) in [5.41, 5.74) is 0.283. The summed E-state index contributed by atoms with van der Waals surface area (Å²) in [5, 5.41) is -0.191. The first kappa shape index (κ1) is 36.3. The van der Waals surface area contributed by atoms with Crippen LogP contribution in [0, 0.1) is 17.8 Å². The van der Waals surface area contributed by atoms with E-state index in [0.29, 0.717) is 23.5 Å². The van der Waals surface area contributed by atoms with Crippen LogP contribution in [0.15, 0.2) is 24.3 Å². The Labute approximate surface area is 270 Å². The fourth-order valence-electron chi connectivity index (χ4n) is 4.61. The third-order valence-corrected chi connectivity index (χ3v) is 12.6. The lowest BCUT2D eigenvalue weighted by Gasteiger charge is -2.37. The Hall–Kier alpha value is -3.13. The Morgan fingerprint density at radius 2 is 1.73 bits per heavy atom. The van der Waals surface area contributed by atoms with Crippen LogP contribution in [0.4, 0.5) is 10.5 Å². The average Bonchev–Trinajstić information content (AvgIpc) is 3.19. The Morgan fingerprint density at radius 3 is 2.31 bits per heavy atom. The van der Waals surface area contributed by atoms with Gasteiger partial charge in [0, 0.05) is 30.5 Å². The molecule has 0 radical (unpaired) electrons. The minimum absolute atomic E-state index is 0.167. The number of carbonyl (C=O) groups excluding carboxylic acids is 3. The molecule has 0 saturated carbocycles. The highest BCUT2D eigenvalue weighted by atomic mass is 28.4. The first-order valence-electron chi connectivity index (χ1n) is 15.7. The topological polar surface area (TPSA) is 101 Å². The van der Waals surface area contributed by atoms with Gasteiger partial charge in [-0.1, -0.05) is 45.6 Å². The van der Waals surface area contributed by atoms with Crippen molar-refractivity contribution in [2.45, 2.75) is 130 Å². The second-order valence-electron chi connectivity index (χ2n) is 14.8. The van der Waals surface area contributed by atoms with Crippen LogP contribution >= 0.6 is 0 Å². The Kier molecular flexibility index (Phi) is 10.7. The van der Waals surface area contributed by atoms with Crippen molar-refractivity contribution in [1.82, 2.24) is 0 Å². The molecule has 0 aromatic heterocycles. The maximum atomic E-state index is 14.0. The lowest BCUT2D eigenvalue weighted by Crippen LogP contribution is -2.44. The van der Waals surface area contributed by atoms with Gasteiger partial charge in [-0.25, -0.2) is 9.59 Å². The van der Waals surface area contributed by atoms with Crippen molar-refractivity contribution in [3.63, 3.8) is 0 Å². The summed E-state index contributed by atoms with van der Waals surface area (Å²) < 4.78 is 30.5. The van der Waals surface area contributed by atoms with E-state index in [0.717, 1.165) is 0 Å². The Morgan fingerprint density at radius 1 is 1.09 bits per heavy atom. The van der Waals surface area contributed by atoms with Gasteiger partial charge in [0.05, 0.1) is 5.69 Å². The Bertz CT molecular complexity index is 1390. The second-order valence-corrected chi connectivity index (χ2v) is 19.5. The molecule has 2 aliphatic rings. The number of hydrogen-bond acceptors (Lipinski definition) is 8. The number of hydrogen-bond donors (Lipinski definition) is 0. The fraction of sp³-hybridized carbons (Fsp3) is 0.629. The predicted octanol–water partition coefficient (Wildman–Crippen LogP) is 7.41. The number of esters is 1. The van der Waals surface area contributed by atoms with Crippen LogP contribution in [-0.4, -0.2) is 62.4 Å².